The summed E-state index contributed by atoms with van der Waals surface area (Å²) in [5.74, 6) is -0.333. The maximum Gasteiger partial charge on any atom is 0.273 e. The largest absolute Gasteiger partial charge is 0.394 e. The Bertz CT molecular complexity index is 1090. The van der Waals surface area contributed by atoms with Crippen molar-refractivity contribution in [3.05, 3.63) is 95.8 Å². The number of rotatable bonds is 3. The second-order valence-electron chi connectivity index (χ2n) is 7.61. The van der Waals surface area contributed by atoms with Crippen molar-refractivity contribution < 1.29 is 14.7 Å². The lowest BCUT2D eigenvalue weighted by atomic mass is 9.71. The minimum atomic E-state index is -0.334. The van der Waals surface area contributed by atoms with Gasteiger partial charge in [-0.15, -0.1) is 0 Å². The number of carbonyl (C=O) groups excluding carboxylic acids is 2. The minimum absolute atomic E-state index is 0.0151. The lowest BCUT2D eigenvalue weighted by Crippen LogP contribution is -2.70. The molecule has 3 atom stereocenters. The van der Waals surface area contributed by atoms with Crippen molar-refractivity contribution in [1.82, 2.24) is 9.88 Å². The van der Waals surface area contributed by atoms with Crippen molar-refractivity contribution in [2.45, 2.75) is 18.0 Å². The van der Waals surface area contributed by atoms with E-state index in [9.17, 15) is 14.7 Å². The van der Waals surface area contributed by atoms with Crippen LogP contribution in [0, 0.1) is 0 Å². The fraction of sp³-hybridized carbons (Fsp3) is 0.208. The van der Waals surface area contributed by atoms with E-state index in [4.69, 9.17) is 0 Å². The van der Waals surface area contributed by atoms with E-state index in [-0.39, 0.29) is 36.4 Å². The van der Waals surface area contributed by atoms with Gasteiger partial charge in [0.1, 0.15) is 5.69 Å². The molecule has 3 heterocycles. The topological polar surface area (TPSA) is 73.7 Å². The molecule has 150 valence electrons. The van der Waals surface area contributed by atoms with E-state index in [0.717, 1.165) is 11.3 Å². The monoisotopic (exact) mass is 399 g/mol. The molecule has 6 heteroatoms. The number of pyridine rings is 1. The number of anilines is 1. The number of carbonyl (C=O) groups is 2. The van der Waals surface area contributed by atoms with Crippen molar-refractivity contribution in [2.75, 3.05) is 18.1 Å². The molecule has 2 aliphatic heterocycles. The SMILES string of the molecule is O=C(c1ccccc1)N1C[C@H]2[C@@H](c3ccccc31)[C@H](CO)N2C(=O)c1ccccn1. The van der Waals surface area contributed by atoms with Gasteiger partial charge in [-0.05, 0) is 35.9 Å². The fourth-order valence-corrected chi connectivity index (χ4v) is 4.72. The van der Waals surface area contributed by atoms with Crippen LogP contribution in [-0.2, 0) is 0 Å². The smallest absolute Gasteiger partial charge is 0.273 e. The predicted octanol–water partition coefficient (Wildman–Crippen LogP) is 2.71. The average molecular weight is 399 g/mol. The van der Waals surface area contributed by atoms with E-state index < -0.39 is 0 Å². The van der Waals surface area contributed by atoms with Crippen LogP contribution in [0.2, 0.25) is 0 Å². The fourth-order valence-electron chi connectivity index (χ4n) is 4.72. The van der Waals surface area contributed by atoms with Crippen molar-refractivity contribution in [3.63, 3.8) is 0 Å². The molecule has 0 aliphatic carbocycles. The molecule has 1 saturated heterocycles. The first-order chi connectivity index (χ1) is 14.7. The number of nitrogens with zero attached hydrogens (tertiary/aromatic N) is 3. The highest BCUT2D eigenvalue weighted by molar-refractivity contribution is 6.07. The Kier molecular flexibility index (Phi) is 4.56. The quantitative estimate of drug-likeness (QED) is 0.735. The zero-order valence-electron chi connectivity index (χ0n) is 16.3. The van der Waals surface area contributed by atoms with Gasteiger partial charge in [0.15, 0.2) is 0 Å². The first-order valence-corrected chi connectivity index (χ1v) is 10.0. The third-order valence-corrected chi connectivity index (χ3v) is 6.07. The molecule has 3 aromatic rings. The molecule has 30 heavy (non-hydrogen) atoms. The molecule has 5 rings (SSSR count). The lowest BCUT2D eigenvalue weighted by molar-refractivity contribution is -0.0250. The van der Waals surface area contributed by atoms with Crippen molar-refractivity contribution in [1.29, 1.82) is 0 Å². The van der Waals surface area contributed by atoms with Gasteiger partial charge >= 0.3 is 0 Å². The summed E-state index contributed by atoms with van der Waals surface area (Å²) in [4.78, 5) is 34.1. The lowest BCUT2D eigenvalue weighted by Gasteiger charge is -2.58. The zero-order chi connectivity index (χ0) is 20.7. The number of hydrogen-bond acceptors (Lipinski definition) is 4. The molecule has 2 aliphatic rings. The molecule has 0 unspecified atom stereocenters. The number of amides is 2. The van der Waals surface area contributed by atoms with Gasteiger partial charge in [0.25, 0.3) is 11.8 Å². The van der Waals surface area contributed by atoms with Gasteiger partial charge in [0.2, 0.25) is 0 Å². The molecule has 2 aromatic carbocycles. The molecule has 6 nitrogen and oxygen atoms in total. The van der Waals surface area contributed by atoms with Crippen LogP contribution < -0.4 is 4.90 Å². The van der Waals surface area contributed by atoms with E-state index in [1.54, 1.807) is 46.3 Å². The summed E-state index contributed by atoms with van der Waals surface area (Å²) in [5.41, 5.74) is 2.78. The van der Waals surface area contributed by atoms with Gasteiger partial charge in [-0.25, -0.2) is 0 Å². The molecule has 0 bridgehead atoms. The minimum Gasteiger partial charge on any atom is -0.394 e. The molecular weight excluding hydrogens is 378 g/mol. The summed E-state index contributed by atoms with van der Waals surface area (Å²) in [5, 5.41) is 10.1. The Hall–Kier alpha value is -3.51. The molecular formula is C24H21N3O3. The highest BCUT2D eigenvalue weighted by atomic mass is 16.3. The summed E-state index contributed by atoms with van der Waals surface area (Å²) in [6.45, 7) is 0.241. The highest BCUT2D eigenvalue weighted by Crippen LogP contribution is 2.48. The number of aliphatic hydroxyl groups is 1. The van der Waals surface area contributed by atoms with Crippen molar-refractivity contribution in [2.24, 2.45) is 0 Å². The third-order valence-electron chi connectivity index (χ3n) is 6.07. The van der Waals surface area contributed by atoms with Gasteiger partial charge in [-0.1, -0.05) is 42.5 Å². The standard InChI is InChI=1S/C24H21N3O3/c28-15-21-22-17-10-4-5-12-19(17)26(23(29)16-8-2-1-3-9-16)14-20(22)27(21)24(30)18-11-6-7-13-25-18/h1-13,20-22,28H,14-15H2/t20-,21-,22+/m0/s1. The van der Waals surface area contributed by atoms with Crippen LogP contribution >= 0.6 is 0 Å². The van der Waals surface area contributed by atoms with Gasteiger partial charge < -0.3 is 14.9 Å². The van der Waals surface area contributed by atoms with Gasteiger partial charge in [0.05, 0.1) is 18.7 Å². The van der Waals surface area contributed by atoms with Crippen LogP contribution in [-0.4, -0.2) is 52.0 Å². The van der Waals surface area contributed by atoms with E-state index >= 15 is 0 Å². The van der Waals surface area contributed by atoms with Gasteiger partial charge in [-0.3, -0.25) is 14.6 Å². The second kappa shape index (κ2) is 7.39. The van der Waals surface area contributed by atoms with Crippen molar-refractivity contribution >= 4 is 17.5 Å². The predicted molar refractivity (Wildman–Crippen MR) is 112 cm³/mol. The number of aliphatic hydroxyl groups excluding tert-OH is 1. The number of para-hydroxylation sites is 1. The summed E-state index contributed by atoms with van der Waals surface area (Å²) in [7, 11) is 0. The van der Waals surface area contributed by atoms with Crippen LogP contribution in [0.5, 0.6) is 0 Å². The number of likely N-dealkylation sites (tertiary alicyclic amines) is 1. The summed E-state index contributed by atoms with van der Waals surface area (Å²) in [6, 6.07) is 21.6. The average Bonchev–Trinajstić information content (AvgIpc) is 2.80. The summed E-state index contributed by atoms with van der Waals surface area (Å²) >= 11 is 0. The molecule has 0 radical (unpaired) electrons. The second-order valence-corrected chi connectivity index (χ2v) is 7.61. The Morgan fingerprint density at radius 2 is 1.67 bits per heavy atom. The molecule has 1 aromatic heterocycles. The van der Waals surface area contributed by atoms with E-state index in [2.05, 4.69) is 4.98 Å². The van der Waals surface area contributed by atoms with Gasteiger partial charge in [-0.2, -0.15) is 0 Å². The van der Waals surface area contributed by atoms with Crippen LogP contribution in [0.3, 0.4) is 0 Å². The Morgan fingerprint density at radius 3 is 2.40 bits per heavy atom. The first-order valence-electron chi connectivity index (χ1n) is 10.0. The Labute approximate surface area is 174 Å². The zero-order valence-corrected chi connectivity index (χ0v) is 16.3. The molecule has 0 saturated carbocycles. The molecule has 1 N–H and O–H groups in total. The van der Waals surface area contributed by atoms with Crippen LogP contribution in [0.15, 0.2) is 79.0 Å². The van der Waals surface area contributed by atoms with Crippen LogP contribution in [0.4, 0.5) is 5.69 Å². The summed E-state index contributed by atoms with van der Waals surface area (Å²) in [6.07, 6.45) is 1.58. The first kappa shape index (κ1) is 18.5. The normalized spacial score (nSPS) is 22.0. The number of aromatic nitrogens is 1. The van der Waals surface area contributed by atoms with Crippen LogP contribution in [0.25, 0.3) is 0 Å². The maximum atomic E-state index is 13.3. The molecule has 1 fully saturated rings. The van der Waals surface area contributed by atoms with E-state index in [1.807, 2.05) is 42.5 Å². The van der Waals surface area contributed by atoms with Gasteiger partial charge in [0, 0.05) is 29.9 Å². The maximum absolute atomic E-state index is 13.3. The van der Waals surface area contributed by atoms with E-state index in [0.29, 0.717) is 17.8 Å². The number of fused-ring (bicyclic) bond motifs is 3. The Morgan fingerprint density at radius 1 is 0.933 bits per heavy atom. The summed E-state index contributed by atoms with van der Waals surface area (Å²) < 4.78 is 0. The van der Waals surface area contributed by atoms with Crippen LogP contribution in [0.1, 0.15) is 32.3 Å². The molecule has 0 spiro atoms. The highest BCUT2D eigenvalue weighted by Gasteiger charge is 2.55. The van der Waals surface area contributed by atoms with E-state index in [1.165, 1.54) is 0 Å². The number of benzene rings is 2. The third kappa shape index (κ3) is 2.80. The van der Waals surface area contributed by atoms with Crippen molar-refractivity contribution in [3.8, 4) is 0 Å². The molecule has 2 amide bonds. The number of hydrogen-bond donors (Lipinski definition) is 1. The Balaban J connectivity index is 1.54.